The molecular weight excluding hydrogens is 208 g/mol. The molecule has 0 aliphatic carbocycles. The van der Waals surface area contributed by atoms with Gasteiger partial charge in [0, 0.05) is 5.69 Å². The zero-order chi connectivity index (χ0) is 10.4. The van der Waals surface area contributed by atoms with Gasteiger partial charge in [0.25, 0.3) is 0 Å². The molecule has 1 aromatic rings. The number of benzene rings is 1. The molecule has 14 heavy (non-hydrogen) atoms. The Bertz CT molecular complexity index is 274. The summed E-state index contributed by atoms with van der Waals surface area (Å²) in [5.41, 5.74) is 2.73. The van der Waals surface area contributed by atoms with E-state index >= 15 is 0 Å². The van der Waals surface area contributed by atoms with E-state index in [9.17, 15) is 0 Å². The molecule has 1 nitrogen and oxygen atoms in total. The third-order valence-corrected chi connectivity index (χ3v) is 2.88. The first-order chi connectivity index (χ1) is 6.75. The first kappa shape index (κ1) is 12.0. The molecule has 2 atom stereocenters. The molecule has 0 saturated heterocycles. The molecule has 0 saturated carbocycles. The summed E-state index contributed by atoms with van der Waals surface area (Å²) >= 11 is 0. The van der Waals surface area contributed by atoms with Crippen LogP contribution in [0.25, 0.3) is 0 Å². The number of aryl methyl sites for hydroxylation is 1. The largest absolute Gasteiger partial charge is 0.341 e. The van der Waals surface area contributed by atoms with Crippen LogP contribution in [0.4, 0.5) is 5.69 Å². The van der Waals surface area contributed by atoms with E-state index in [0.717, 1.165) is 0 Å². The molecule has 0 radical (unpaired) electrons. The summed E-state index contributed by atoms with van der Waals surface area (Å²) in [4.78, 5) is 0. The summed E-state index contributed by atoms with van der Waals surface area (Å²) < 4.78 is 2.03. The molecule has 3 heteroatoms. The van der Waals surface area contributed by atoms with Gasteiger partial charge in [0.1, 0.15) is 0 Å². The van der Waals surface area contributed by atoms with E-state index in [-0.39, 0.29) is 0 Å². The highest BCUT2D eigenvalue weighted by Crippen LogP contribution is 2.27. The zero-order valence-corrected chi connectivity index (χ0v) is 11.0. The van der Waals surface area contributed by atoms with Crippen LogP contribution >= 0.6 is 18.8 Å². The fraction of sp³-hybridized carbons (Fsp3) is 0.455. The summed E-state index contributed by atoms with van der Waals surface area (Å²) in [5, 5.41) is 0. The maximum atomic E-state index is 2.68. The molecule has 0 bridgehead atoms. The fourth-order valence-corrected chi connectivity index (χ4v) is 2.04. The molecule has 0 amide bonds. The van der Waals surface area contributed by atoms with Crippen molar-refractivity contribution in [3.63, 3.8) is 0 Å². The molecule has 78 valence electrons. The first-order valence-electron chi connectivity index (χ1n) is 5.13. The lowest BCUT2D eigenvalue weighted by Gasteiger charge is -2.16. The van der Waals surface area contributed by atoms with E-state index in [1.807, 2.05) is 4.44 Å². The first-order valence-corrected chi connectivity index (χ1v) is 6.16. The second-order valence-corrected chi connectivity index (χ2v) is 5.20. The van der Waals surface area contributed by atoms with Gasteiger partial charge in [0.15, 0.2) is 0 Å². The Hall–Kier alpha value is -0.120. The van der Waals surface area contributed by atoms with Crippen LogP contribution in [-0.4, -0.2) is 0 Å². The number of hydrogen-bond donors (Lipinski definition) is 0. The van der Waals surface area contributed by atoms with Crippen molar-refractivity contribution in [3.05, 3.63) is 29.8 Å². The van der Waals surface area contributed by atoms with Gasteiger partial charge in [-0.25, -0.2) is 0 Å². The summed E-state index contributed by atoms with van der Waals surface area (Å²) in [6, 6.07) is 8.57. The highest BCUT2D eigenvalue weighted by Gasteiger charge is 2.02. The number of rotatable bonds is 5. The van der Waals surface area contributed by atoms with Crippen LogP contribution in [0.2, 0.25) is 0 Å². The predicted octanol–water partition coefficient (Wildman–Crippen LogP) is 3.81. The van der Waals surface area contributed by atoms with Gasteiger partial charge >= 0.3 is 0 Å². The number of para-hydroxylation sites is 1. The molecule has 0 aliphatic heterocycles. The zero-order valence-electron chi connectivity index (χ0n) is 8.74. The van der Waals surface area contributed by atoms with E-state index in [0.29, 0.717) is 0 Å². The number of unbranched alkanes of at least 4 members (excludes halogenated alkanes) is 2. The minimum absolute atomic E-state index is 1.18. The van der Waals surface area contributed by atoms with E-state index in [1.165, 1.54) is 36.9 Å². The van der Waals surface area contributed by atoms with Crippen LogP contribution in [0.1, 0.15) is 31.7 Å². The maximum absolute atomic E-state index is 2.68. The van der Waals surface area contributed by atoms with E-state index in [1.54, 1.807) is 0 Å². The topological polar surface area (TPSA) is 3.24 Å². The van der Waals surface area contributed by atoms with Crippen molar-refractivity contribution < 1.29 is 0 Å². The molecule has 1 aromatic carbocycles. The van der Waals surface area contributed by atoms with Crippen molar-refractivity contribution in [3.8, 4) is 0 Å². The molecule has 0 spiro atoms. The highest BCUT2D eigenvalue weighted by atomic mass is 31.1. The maximum Gasteiger partial charge on any atom is 0.0455 e. The second kappa shape index (κ2) is 6.38. The van der Waals surface area contributed by atoms with Crippen LogP contribution in [0.5, 0.6) is 0 Å². The van der Waals surface area contributed by atoms with E-state index in [2.05, 4.69) is 50.0 Å². The van der Waals surface area contributed by atoms with Gasteiger partial charge in [-0.3, -0.25) is 0 Å². The van der Waals surface area contributed by atoms with Crippen molar-refractivity contribution in [2.24, 2.45) is 0 Å². The Kier molecular flexibility index (Phi) is 5.45. The Morgan fingerprint density at radius 1 is 1.14 bits per heavy atom. The number of anilines is 1. The minimum atomic E-state index is 1.18. The van der Waals surface area contributed by atoms with Gasteiger partial charge in [0.05, 0.1) is 0 Å². The standard InChI is InChI=1S/C11H19NP2/c1-2-3-4-7-10-8-5-6-9-11(10)12(13)14/h5-6,8-9H,2-4,7,13-14H2,1H3. The summed E-state index contributed by atoms with van der Waals surface area (Å²) in [6.07, 6.45) is 5.08. The molecule has 2 unspecified atom stereocenters. The lowest BCUT2D eigenvalue weighted by atomic mass is 10.1. The van der Waals surface area contributed by atoms with E-state index < -0.39 is 0 Å². The van der Waals surface area contributed by atoms with Crippen molar-refractivity contribution in [2.45, 2.75) is 32.6 Å². The van der Waals surface area contributed by atoms with Gasteiger partial charge in [-0.05, 0) is 43.3 Å². The fourth-order valence-electron chi connectivity index (χ4n) is 1.54. The Balaban J connectivity index is 2.64. The number of nitrogens with zero attached hydrogens (tertiary/aromatic N) is 1. The van der Waals surface area contributed by atoms with Crippen LogP contribution in [0.15, 0.2) is 24.3 Å². The molecule has 1 rings (SSSR count). The molecule has 0 fully saturated rings. The van der Waals surface area contributed by atoms with Crippen molar-refractivity contribution in [2.75, 3.05) is 4.44 Å². The van der Waals surface area contributed by atoms with Crippen LogP contribution < -0.4 is 4.44 Å². The van der Waals surface area contributed by atoms with Crippen molar-refractivity contribution in [1.82, 2.24) is 0 Å². The Morgan fingerprint density at radius 2 is 1.86 bits per heavy atom. The summed E-state index contributed by atoms with van der Waals surface area (Å²) in [5.74, 6) is 0. The third kappa shape index (κ3) is 3.56. The van der Waals surface area contributed by atoms with Crippen molar-refractivity contribution >= 4 is 24.5 Å². The monoisotopic (exact) mass is 227 g/mol. The molecular formula is C11H19NP2. The van der Waals surface area contributed by atoms with Gasteiger partial charge in [-0.15, -0.1) is 0 Å². The van der Waals surface area contributed by atoms with Crippen molar-refractivity contribution in [1.29, 1.82) is 0 Å². The van der Waals surface area contributed by atoms with E-state index in [4.69, 9.17) is 0 Å². The average Bonchev–Trinajstić information content (AvgIpc) is 2.19. The Morgan fingerprint density at radius 3 is 2.50 bits per heavy atom. The van der Waals surface area contributed by atoms with Gasteiger partial charge in [-0.1, -0.05) is 38.0 Å². The highest BCUT2D eigenvalue weighted by molar-refractivity contribution is 7.39. The molecule has 0 heterocycles. The van der Waals surface area contributed by atoms with Gasteiger partial charge < -0.3 is 4.44 Å². The smallest absolute Gasteiger partial charge is 0.0455 e. The summed E-state index contributed by atoms with van der Waals surface area (Å²) in [7, 11) is 5.36. The number of hydrogen-bond acceptors (Lipinski definition) is 1. The third-order valence-electron chi connectivity index (χ3n) is 2.32. The average molecular weight is 227 g/mol. The van der Waals surface area contributed by atoms with Crippen LogP contribution in [-0.2, 0) is 6.42 Å². The predicted molar refractivity (Wildman–Crippen MR) is 71.6 cm³/mol. The SMILES string of the molecule is CCCCCc1ccccc1N(P)P. The second-order valence-electron chi connectivity index (χ2n) is 3.49. The lowest BCUT2D eigenvalue weighted by molar-refractivity contribution is 0.718. The Labute approximate surface area is 91.8 Å². The lowest BCUT2D eigenvalue weighted by Crippen LogP contribution is -1.96. The van der Waals surface area contributed by atoms with Crippen LogP contribution in [0, 0.1) is 0 Å². The summed E-state index contributed by atoms with van der Waals surface area (Å²) in [6.45, 7) is 2.24. The molecule has 0 aromatic heterocycles. The van der Waals surface area contributed by atoms with Crippen LogP contribution in [0.3, 0.4) is 0 Å². The molecule has 0 aliphatic rings. The van der Waals surface area contributed by atoms with Gasteiger partial charge in [-0.2, -0.15) is 0 Å². The molecule has 0 N–H and O–H groups in total. The quantitative estimate of drug-likeness (QED) is 0.546. The van der Waals surface area contributed by atoms with Gasteiger partial charge in [0.2, 0.25) is 0 Å². The minimum Gasteiger partial charge on any atom is -0.341 e. The normalized spacial score (nSPS) is 10.2.